The van der Waals surface area contributed by atoms with Crippen molar-refractivity contribution in [1.82, 2.24) is 4.98 Å². The summed E-state index contributed by atoms with van der Waals surface area (Å²) < 4.78 is 23.4. The standard InChI is InChI=1S/C20H18FN3O3/c1-26-18-10-8-15(11-19(18)27-2)23-16-7-9-17(22-12-16)20(25)24-14-5-3-13(21)4-6-14/h3-12,23H,1-2H3,(H,24,25). The van der Waals surface area contributed by atoms with Crippen LogP contribution in [0.1, 0.15) is 10.5 Å². The zero-order valence-electron chi connectivity index (χ0n) is 14.8. The van der Waals surface area contributed by atoms with Gasteiger partial charge in [-0.05, 0) is 48.5 Å². The molecule has 1 heterocycles. The van der Waals surface area contributed by atoms with Gasteiger partial charge in [0, 0.05) is 17.4 Å². The third-order valence-electron chi connectivity index (χ3n) is 3.77. The van der Waals surface area contributed by atoms with Crippen molar-refractivity contribution in [2.75, 3.05) is 24.9 Å². The molecule has 0 aliphatic heterocycles. The van der Waals surface area contributed by atoms with Crippen LogP contribution in [0.2, 0.25) is 0 Å². The summed E-state index contributed by atoms with van der Waals surface area (Å²) in [6.07, 6.45) is 1.55. The van der Waals surface area contributed by atoms with Gasteiger partial charge in [0.25, 0.3) is 5.91 Å². The average molecular weight is 367 g/mol. The smallest absolute Gasteiger partial charge is 0.274 e. The van der Waals surface area contributed by atoms with Crippen LogP contribution < -0.4 is 20.1 Å². The molecule has 0 fully saturated rings. The lowest BCUT2D eigenvalue weighted by molar-refractivity contribution is 0.102. The van der Waals surface area contributed by atoms with E-state index in [0.29, 0.717) is 22.9 Å². The molecule has 7 heteroatoms. The Morgan fingerprint density at radius 1 is 0.889 bits per heavy atom. The lowest BCUT2D eigenvalue weighted by Gasteiger charge is -2.11. The molecule has 1 aromatic heterocycles. The van der Waals surface area contributed by atoms with E-state index in [1.54, 1.807) is 44.7 Å². The van der Waals surface area contributed by atoms with Gasteiger partial charge in [-0.25, -0.2) is 9.37 Å². The molecule has 0 aliphatic rings. The van der Waals surface area contributed by atoms with Crippen LogP contribution in [-0.4, -0.2) is 25.1 Å². The van der Waals surface area contributed by atoms with Crippen LogP contribution in [0.4, 0.5) is 21.5 Å². The van der Waals surface area contributed by atoms with E-state index in [9.17, 15) is 9.18 Å². The molecule has 27 heavy (non-hydrogen) atoms. The van der Waals surface area contributed by atoms with Crippen molar-refractivity contribution >= 4 is 23.0 Å². The van der Waals surface area contributed by atoms with Crippen molar-refractivity contribution in [2.24, 2.45) is 0 Å². The van der Waals surface area contributed by atoms with E-state index in [4.69, 9.17) is 9.47 Å². The highest BCUT2D eigenvalue weighted by Gasteiger charge is 2.09. The van der Waals surface area contributed by atoms with Crippen molar-refractivity contribution in [3.63, 3.8) is 0 Å². The molecule has 1 amide bonds. The molecule has 0 saturated carbocycles. The number of aromatic nitrogens is 1. The van der Waals surface area contributed by atoms with E-state index in [-0.39, 0.29) is 17.4 Å². The predicted octanol–water partition coefficient (Wildman–Crippen LogP) is 4.23. The number of nitrogens with one attached hydrogen (secondary N) is 2. The Balaban J connectivity index is 1.68. The van der Waals surface area contributed by atoms with Crippen LogP contribution >= 0.6 is 0 Å². The van der Waals surface area contributed by atoms with E-state index in [1.807, 2.05) is 6.07 Å². The number of amides is 1. The Bertz CT molecular complexity index is 928. The number of pyridine rings is 1. The number of hydrogen-bond donors (Lipinski definition) is 2. The number of nitrogens with zero attached hydrogens (tertiary/aromatic N) is 1. The first kappa shape index (κ1) is 18.2. The molecule has 0 unspecified atom stereocenters. The van der Waals surface area contributed by atoms with Crippen molar-refractivity contribution in [3.05, 3.63) is 72.3 Å². The SMILES string of the molecule is COc1ccc(Nc2ccc(C(=O)Nc3ccc(F)cc3)nc2)cc1OC. The average Bonchev–Trinajstić information content (AvgIpc) is 2.70. The maximum absolute atomic E-state index is 12.9. The van der Waals surface area contributed by atoms with Gasteiger partial charge in [-0.3, -0.25) is 4.79 Å². The Morgan fingerprint density at radius 2 is 1.56 bits per heavy atom. The van der Waals surface area contributed by atoms with Crippen molar-refractivity contribution in [2.45, 2.75) is 0 Å². The summed E-state index contributed by atoms with van der Waals surface area (Å²) in [5.74, 6) is 0.496. The summed E-state index contributed by atoms with van der Waals surface area (Å²) in [4.78, 5) is 16.4. The van der Waals surface area contributed by atoms with Crippen LogP contribution in [0.15, 0.2) is 60.8 Å². The van der Waals surface area contributed by atoms with Crippen molar-refractivity contribution in [1.29, 1.82) is 0 Å². The normalized spacial score (nSPS) is 10.2. The summed E-state index contributed by atoms with van der Waals surface area (Å²) in [6, 6.07) is 14.3. The fourth-order valence-corrected chi connectivity index (χ4v) is 2.41. The summed E-state index contributed by atoms with van der Waals surface area (Å²) in [7, 11) is 3.14. The molecule has 3 rings (SSSR count). The topological polar surface area (TPSA) is 72.5 Å². The van der Waals surface area contributed by atoms with Gasteiger partial charge in [0.2, 0.25) is 0 Å². The lowest BCUT2D eigenvalue weighted by atomic mass is 10.2. The highest BCUT2D eigenvalue weighted by Crippen LogP contribution is 2.31. The van der Waals surface area contributed by atoms with Crippen LogP contribution in [0.3, 0.4) is 0 Å². The Morgan fingerprint density at radius 3 is 2.19 bits per heavy atom. The first-order valence-electron chi connectivity index (χ1n) is 8.11. The van der Waals surface area contributed by atoms with Gasteiger partial charge >= 0.3 is 0 Å². The van der Waals surface area contributed by atoms with E-state index in [2.05, 4.69) is 15.6 Å². The summed E-state index contributed by atoms with van der Waals surface area (Å²) in [6.45, 7) is 0. The van der Waals surface area contributed by atoms with Crippen molar-refractivity contribution in [3.8, 4) is 11.5 Å². The van der Waals surface area contributed by atoms with Crippen LogP contribution in [0.25, 0.3) is 0 Å². The number of hydrogen-bond acceptors (Lipinski definition) is 5. The van der Waals surface area contributed by atoms with Crippen molar-refractivity contribution < 1.29 is 18.7 Å². The molecule has 0 bridgehead atoms. The Labute approximate surface area is 156 Å². The van der Waals surface area contributed by atoms with Crippen LogP contribution in [-0.2, 0) is 0 Å². The van der Waals surface area contributed by atoms with E-state index >= 15 is 0 Å². The minimum atomic E-state index is -0.376. The van der Waals surface area contributed by atoms with E-state index < -0.39 is 0 Å². The van der Waals surface area contributed by atoms with E-state index in [0.717, 1.165) is 5.69 Å². The second kappa shape index (κ2) is 8.18. The second-order valence-corrected chi connectivity index (χ2v) is 5.59. The monoisotopic (exact) mass is 367 g/mol. The molecule has 0 saturated heterocycles. The molecule has 2 aromatic carbocycles. The lowest BCUT2D eigenvalue weighted by Crippen LogP contribution is -2.13. The third kappa shape index (κ3) is 4.52. The highest BCUT2D eigenvalue weighted by molar-refractivity contribution is 6.02. The molecule has 0 spiro atoms. The van der Waals surface area contributed by atoms with Gasteiger partial charge in [0.05, 0.1) is 26.1 Å². The number of ether oxygens (including phenoxy) is 2. The van der Waals surface area contributed by atoms with Gasteiger partial charge < -0.3 is 20.1 Å². The minimum absolute atomic E-state index is 0.247. The van der Waals surface area contributed by atoms with Gasteiger partial charge in [-0.15, -0.1) is 0 Å². The quantitative estimate of drug-likeness (QED) is 0.682. The number of carbonyl (C=O) groups is 1. The van der Waals surface area contributed by atoms with Gasteiger partial charge in [0.15, 0.2) is 11.5 Å². The van der Waals surface area contributed by atoms with Crippen LogP contribution in [0, 0.1) is 5.82 Å². The predicted molar refractivity (Wildman–Crippen MR) is 101 cm³/mol. The molecule has 2 N–H and O–H groups in total. The van der Waals surface area contributed by atoms with Gasteiger partial charge in [-0.1, -0.05) is 0 Å². The number of methoxy groups -OCH3 is 2. The highest BCUT2D eigenvalue weighted by atomic mass is 19.1. The second-order valence-electron chi connectivity index (χ2n) is 5.59. The molecule has 0 radical (unpaired) electrons. The number of benzene rings is 2. The zero-order valence-corrected chi connectivity index (χ0v) is 14.8. The van der Waals surface area contributed by atoms with Gasteiger partial charge in [0.1, 0.15) is 11.5 Å². The summed E-state index contributed by atoms with van der Waals surface area (Å²) in [5, 5.41) is 5.84. The number of rotatable bonds is 6. The summed E-state index contributed by atoms with van der Waals surface area (Å²) >= 11 is 0. The van der Waals surface area contributed by atoms with E-state index in [1.165, 1.54) is 24.3 Å². The maximum atomic E-state index is 12.9. The molecule has 138 valence electrons. The largest absolute Gasteiger partial charge is 0.493 e. The summed E-state index contributed by atoms with van der Waals surface area (Å²) in [5.41, 5.74) is 2.24. The first-order valence-corrected chi connectivity index (χ1v) is 8.11. The minimum Gasteiger partial charge on any atom is -0.493 e. The molecule has 3 aromatic rings. The first-order chi connectivity index (χ1) is 13.1. The number of halogens is 1. The molecule has 0 atom stereocenters. The maximum Gasteiger partial charge on any atom is 0.274 e. The molecule has 6 nitrogen and oxygen atoms in total. The van der Waals surface area contributed by atoms with Gasteiger partial charge in [-0.2, -0.15) is 0 Å². The molecule has 0 aliphatic carbocycles. The third-order valence-corrected chi connectivity index (χ3v) is 3.77. The molecular formula is C20H18FN3O3. The zero-order chi connectivity index (χ0) is 19.2. The molecular weight excluding hydrogens is 349 g/mol. The fraction of sp³-hybridized carbons (Fsp3) is 0.100. The van der Waals surface area contributed by atoms with Crippen LogP contribution in [0.5, 0.6) is 11.5 Å². The fourth-order valence-electron chi connectivity index (χ4n) is 2.41. The Hall–Kier alpha value is -3.61. The Kier molecular flexibility index (Phi) is 5.51. The number of anilines is 3. The number of carbonyl (C=O) groups excluding carboxylic acids is 1.